The fraction of sp³-hybridized carbons (Fsp3) is 0.0833. The number of halogens is 3. The molecule has 1 saturated heterocycles. The number of para-hydroxylation sites is 1. The van der Waals surface area contributed by atoms with Crippen molar-refractivity contribution in [2.24, 2.45) is 0 Å². The minimum atomic E-state index is -4.73. The second kappa shape index (κ2) is 8.47. The highest BCUT2D eigenvalue weighted by Crippen LogP contribution is 2.45. The van der Waals surface area contributed by atoms with E-state index in [1.165, 1.54) is 36.4 Å². The van der Waals surface area contributed by atoms with Crippen LogP contribution >= 0.6 is 0 Å². The number of nitro benzene ring substituents is 1. The number of carbonyl (C=O) groups is 2. The lowest BCUT2D eigenvalue weighted by Gasteiger charge is -2.25. The zero-order valence-corrected chi connectivity index (χ0v) is 17.2. The van der Waals surface area contributed by atoms with Crippen LogP contribution in [0.4, 0.5) is 24.5 Å². The van der Waals surface area contributed by atoms with Crippen molar-refractivity contribution in [2.45, 2.75) is 12.2 Å². The molecule has 34 heavy (non-hydrogen) atoms. The highest BCUT2D eigenvalue weighted by molar-refractivity contribution is 6.51. The highest BCUT2D eigenvalue weighted by Gasteiger charge is 2.49. The largest absolute Gasteiger partial charge is 0.507 e. The molecule has 1 heterocycles. The van der Waals surface area contributed by atoms with Crippen LogP contribution in [0.25, 0.3) is 5.76 Å². The first-order chi connectivity index (χ1) is 16.1. The molecule has 1 atom stereocenters. The van der Waals surface area contributed by atoms with Gasteiger partial charge in [0.2, 0.25) is 0 Å². The minimum Gasteiger partial charge on any atom is -0.507 e. The number of ketones is 1. The number of hydrogen-bond donors (Lipinski definition) is 1. The van der Waals surface area contributed by atoms with Crippen LogP contribution in [-0.2, 0) is 15.8 Å². The van der Waals surface area contributed by atoms with Gasteiger partial charge in [0.05, 0.1) is 21.6 Å². The highest BCUT2D eigenvalue weighted by atomic mass is 19.4. The Labute approximate surface area is 190 Å². The normalized spacial score (nSPS) is 17.7. The van der Waals surface area contributed by atoms with Gasteiger partial charge in [-0.1, -0.05) is 48.5 Å². The van der Waals surface area contributed by atoms with Crippen LogP contribution in [0.3, 0.4) is 0 Å². The lowest BCUT2D eigenvalue weighted by Crippen LogP contribution is -2.30. The predicted molar refractivity (Wildman–Crippen MR) is 116 cm³/mol. The smallest absolute Gasteiger partial charge is 0.416 e. The van der Waals surface area contributed by atoms with Crippen molar-refractivity contribution in [1.82, 2.24) is 0 Å². The maximum Gasteiger partial charge on any atom is 0.416 e. The standard InChI is InChI=1S/C24H15F3N2O5/c25-24(26,27)15-9-6-10-16(13-15)28-20(17-11-4-5-12-18(17)29(33)34)19(22(31)23(28)32)21(30)14-7-2-1-3-8-14/h1-13,20,30H/b21-19-. The summed E-state index contributed by atoms with van der Waals surface area (Å²) >= 11 is 0. The minimum absolute atomic E-state index is 0.137. The van der Waals surface area contributed by atoms with Crippen molar-refractivity contribution in [1.29, 1.82) is 0 Å². The van der Waals surface area contributed by atoms with Crippen LogP contribution < -0.4 is 4.90 Å². The molecule has 172 valence electrons. The second-order valence-corrected chi connectivity index (χ2v) is 7.40. The molecule has 0 spiro atoms. The summed E-state index contributed by atoms with van der Waals surface area (Å²) in [6.07, 6.45) is -4.73. The average Bonchev–Trinajstić information content (AvgIpc) is 3.09. The Hall–Kier alpha value is -4.47. The number of nitro groups is 1. The Bertz CT molecular complexity index is 1340. The summed E-state index contributed by atoms with van der Waals surface area (Å²) in [4.78, 5) is 37.8. The molecule has 0 aliphatic carbocycles. The maximum absolute atomic E-state index is 13.3. The van der Waals surface area contributed by atoms with Gasteiger partial charge in [0.15, 0.2) is 0 Å². The summed E-state index contributed by atoms with van der Waals surface area (Å²) in [5.41, 5.74) is -2.29. The molecule has 1 aliphatic heterocycles. The summed E-state index contributed by atoms with van der Waals surface area (Å²) in [5, 5.41) is 22.7. The Kier molecular flexibility index (Phi) is 5.66. The molecule has 4 rings (SSSR count). The number of anilines is 1. The number of amides is 1. The lowest BCUT2D eigenvalue weighted by atomic mass is 9.94. The quantitative estimate of drug-likeness (QED) is 0.186. The first kappa shape index (κ1) is 22.7. The summed E-state index contributed by atoms with van der Waals surface area (Å²) in [6, 6.07) is 15.1. The molecule has 1 unspecified atom stereocenters. The average molecular weight is 468 g/mol. The van der Waals surface area contributed by atoms with E-state index in [1.54, 1.807) is 18.2 Å². The molecule has 0 aromatic heterocycles. The van der Waals surface area contributed by atoms with Gasteiger partial charge in [0.1, 0.15) is 11.8 Å². The Morgan fingerprint density at radius 1 is 0.941 bits per heavy atom. The summed E-state index contributed by atoms with van der Waals surface area (Å²) < 4.78 is 40.0. The van der Waals surface area contributed by atoms with Crippen LogP contribution in [0.2, 0.25) is 0 Å². The lowest BCUT2D eigenvalue weighted by molar-refractivity contribution is -0.385. The summed E-state index contributed by atoms with van der Waals surface area (Å²) in [5.74, 6) is -3.00. The van der Waals surface area contributed by atoms with Gasteiger partial charge in [-0.25, -0.2) is 0 Å². The topological polar surface area (TPSA) is 101 Å². The van der Waals surface area contributed by atoms with Crippen molar-refractivity contribution in [3.8, 4) is 0 Å². The van der Waals surface area contributed by atoms with E-state index in [0.717, 1.165) is 23.1 Å². The SMILES string of the molecule is O=C1C(=O)N(c2cccc(C(F)(F)F)c2)C(c2ccccc2[N+](=O)[O-])/C1=C(/O)c1ccccc1. The molecule has 7 nitrogen and oxygen atoms in total. The first-order valence-electron chi connectivity index (χ1n) is 9.88. The molecule has 10 heteroatoms. The first-order valence-corrected chi connectivity index (χ1v) is 9.88. The third-order valence-corrected chi connectivity index (χ3v) is 5.37. The maximum atomic E-state index is 13.3. The van der Waals surface area contributed by atoms with Gasteiger partial charge < -0.3 is 5.11 Å². The van der Waals surface area contributed by atoms with Gasteiger partial charge in [0, 0.05) is 17.3 Å². The number of nitrogens with zero attached hydrogens (tertiary/aromatic N) is 2. The van der Waals surface area contributed by atoms with Gasteiger partial charge >= 0.3 is 6.18 Å². The number of hydrogen-bond acceptors (Lipinski definition) is 5. The fourth-order valence-corrected chi connectivity index (χ4v) is 3.86. The number of alkyl halides is 3. The summed E-state index contributed by atoms with van der Waals surface area (Å²) in [6.45, 7) is 0. The van der Waals surface area contributed by atoms with Gasteiger partial charge in [-0.15, -0.1) is 0 Å². The number of aliphatic hydroxyl groups is 1. The predicted octanol–water partition coefficient (Wildman–Crippen LogP) is 5.24. The van der Waals surface area contributed by atoms with Crippen molar-refractivity contribution >= 4 is 28.8 Å². The molecule has 0 bridgehead atoms. The van der Waals surface area contributed by atoms with Crippen molar-refractivity contribution < 1.29 is 32.8 Å². The zero-order valence-electron chi connectivity index (χ0n) is 17.2. The molecule has 1 N–H and O–H groups in total. The molecule has 1 fully saturated rings. The second-order valence-electron chi connectivity index (χ2n) is 7.40. The number of aliphatic hydroxyl groups excluding tert-OH is 1. The molecular weight excluding hydrogens is 453 g/mol. The number of rotatable bonds is 4. The molecule has 1 amide bonds. The number of carbonyl (C=O) groups excluding carboxylic acids is 2. The Morgan fingerprint density at radius 3 is 2.24 bits per heavy atom. The van der Waals surface area contributed by atoms with E-state index in [1.807, 2.05) is 0 Å². The number of Topliss-reactive ketones (excluding diaryl/α,β-unsaturated/α-hetero) is 1. The van der Waals surface area contributed by atoms with E-state index in [-0.39, 0.29) is 16.8 Å². The van der Waals surface area contributed by atoms with E-state index in [0.29, 0.717) is 6.07 Å². The molecule has 1 aliphatic rings. The van der Waals surface area contributed by atoms with Gasteiger partial charge in [-0.2, -0.15) is 13.2 Å². The van der Waals surface area contributed by atoms with Crippen LogP contribution in [0.5, 0.6) is 0 Å². The van der Waals surface area contributed by atoms with Crippen molar-refractivity contribution in [2.75, 3.05) is 4.90 Å². The molecule has 3 aromatic carbocycles. The van der Waals surface area contributed by atoms with Gasteiger partial charge in [-0.05, 0) is 24.3 Å². The number of benzene rings is 3. The van der Waals surface area contributed by atoms with E-state index in [2.05, 4.69) is 0 Å². The van der Waals surface area contributed by atoms with Crippen molar-refractivity contribution in [3.63, 3.8) is 0 Å². The van der Waals surface area contributed by atoms with E-state index in [4.69, 9.17) is 0 Å². The van der Waals surface area contributed by atoms with Crippen LogP contribution in [0, 0.1) is 10.1 Å². The Morgan fingerprint density at radius 2 is 1.59 bits per heavy atom. The molecule has 0 saturated carbocycles. The van der Waals surface area contributed by atoms with Gasteiger partial charge in [-0.3, -0.25) is 24.6 Å². The zero-order chi connectivity index (χ0) is 24.6. The van der Waals surface area contributed by atoms with Gasteiger partial charge in [0.25, 0.3) is 17.4 Å². The third kappa shape index (κ3) is 3.90. The van der Waals surface area contributed by atoms with Crippen LogP contribution in [-0.4, -0.2) is 21.7 Å². The van der Waals surface area contributed by atoms with E-state index < -0.39 is 51.4 Å². The van der Waals surface area contributed by atoms with E-state index in [9.17, 15) is 38.0 Å². The summed E-state index contributed by atoms with van der Waals surface area (Å²) in [7, 11) is 0. The molecular formula is C24H15F3N2O5. The van der Waals surface area contributed by atoms with Crippen LogP contribution in [0.1, 0.15) is 22.7 Å². The monoisotopic (exact) mass is 468 g/mol. The third-order valence-electron chi connectivity index (χ3n) is 5.37. The van der Waals surface area contributed by atoms with Crippen molar-refractivity contribution in [3.05, 3.63) is 111 Å². The molecule has 0 radical (unpaired) electrons. The fourth-order valence-electron chi connectivity index (χ4n) is 3.86. The van der Waals surface area contributed by atoms with E-state index >= 15 is 0 Å². The van der Waals surface area contributed by atoms with Crippen LogP contribution in [0.15, 0.2) is 84.4 Å². The molecule has 3 aromatic rings. The Balaban J connectivity index is 2.01.